The number of hydrogen-bond acceptors (Lipinski definition) is 3. The normalized spacial score (nSPS) is 28.3. The van der Waals surface area contributed by atoms with Crippen molar-refractivity contribution in [1.82, 2.24) is 9.62 Å². The van der Waals surface area contributed by atoms with E-state index in [1.165, 1.54) is 0 Å². The Bertz CT molecular complexity index is 559. The molecule has 2 fully saturated rings. The molecular weight excluding hydrogens is 328 g/mol. The molecule has 104 valence electrons. The lowest BCUT2D eigenvalue weighted by atomic mass is 9.94. The average molecular weight is 345 g/mol. The SMILES string of the molecule is O=S(=O)(c1ccc(Br)cc1)N1CCC[C@H]2CNC[C@H]21. The summed E-state index contributed by atoms with van der Waals surface area (Å²) in [5.74, 6) is 0.471. The number of piperidine rings is 1. The van der Waals surface area contributed by atoms with Crippen LogP contribution in [0.4, 0.5) is 0 Å². The van der Waals surface area contributed by atoms with Crippen molar-refractivity contribution in [2.45, 2.75) is 23.8 Å². The number of fused-ring (bicyclic) bond motifs is 1. The van der Waals surface area contributed by atoms with Crippen LogP contribution in [0, 0.1) is 5.92 Å². The van der Waals surface area contributed by atoms with Crippen LogP contribution >= 0.6 is 15.9 Å². The summed E-state index contributed by atoms with van der Waals surface area (Å²) in [5, 5.41) is 3.31. The van der Waals surface area contributed by atoms with Gasteiger partial charge in [-0.15, -0.1) is 0 Å². The van der Waals surface area contributed by atoms with Crippen molar-refractivity contribution in [2.75, 3.05) is 19.6 Å². The van der Waals surface area contributed by atoms with Crippen molar-refractivity contribution in [3.8, 4) is 0 Å². The number of hydrogen-bond donors (Lipinski definition) is 1. The van der Waals surface area contributed by atoms with Gasteiger partial charge in [0, 0.05) is 23.6 Å². The molecule has 1 N–H and O–H groups in total. The van der Waals surface area contributed by atoms with Crippen LogP contribution in [0.25, 0.3) is 0 Å². The van der Waals surface area contributed by atoms with Gasteiger partial charge in [-0.2, -0.15) is 4.31 Å². The summed E-state index contributed by atoms with van der Waals surface area (Å²) in [5.41, 5.74) is 0. The number of benzene rings is 1. The Hall–Kier alpha value is -0.430. The molecule has 1 aromatic carbocycles. The van der Waals surface area contributed by atoms with E-state index in [1.807, 2.05) is 0 Å². The van der Waals surface area contributed by atoms with E-state index >= 15 is 0 Å². The average Bonchev–Trinajstić information content (AvgIpc) is 2.87. The van der Waals surface area contributed by atoms with Crippen LogP contribution in [0.2, 0.25) is 0 Å². The van der Waals surface area contributed by atoms with E-state index in [0.717, 1.165) is 30.4 Å². The van der Waals surface area contributed by atoms with Gasteiger partial charge in [-0.3, -0.25) is 0 Å². The molecule has 2 aliphatic heterocycles. The highest BCUT2D eigenvalue weighted by molar-refractivity contribution is 9.10. The maximum Gasteiger partial charge on any atom is 0.243 e. The van der Waals surface area contributed by atoms with E-state index in [4.69, 9.17) is 0 Å². The van der Waals surface area contributed by atoms with Gasteiger partial charge < -0.3 is 5.32 Å². The third-order valence-corrected chi connectivity index (χ3v) is 6.52. The van der Waals surface area contributed by atoms with Gasteiger partial charge in [0.05, 0.1) is 4.90 Å². The smallest absolute Gasteiger partial charge is 0.243 e. The Morgan fingerprint density at radius 2 is 1.95 bits per heavy atom. The quantitative estimate of drug-likeness (QED) is 0.890. The minimum Gasteiger partial charge on any atom is -0.315 e. The first-order valence-electron chi connectivity index (χ1n) is 6.57. The number of nitrogens with zero attached hydrogens (tertiary/aromatic N) is 1. The monoisotopic (exact) mass is 344 g/mol. The van der Waals surface area contributed by atoms with E-state index in [1.54, 1.807) is 28.6 Å². The molecule has 19 heavy (non-hydrogen) atoms. The zero-order valence-corrected chi connectivity index (χ0v) is 13.0. The molecule has 2 heterocycles. The van der Waals surface area contributed by atoms with E-state index in [-0.39, 0.29) is 6.04 Å². The van der Waals surface area contributed by atoms with Gasteiger partial charge >= 0.3 is 0 Å². The second-order valence-corrected chi connectivity index (χ2v) is 8.00. The Balaban J connectivity index is 1.93. The fourth-order valence-corrected chi connectivity index (χ4v) is 5.05. The molecule has 2 saturated heterocycles. The Labute approximate surface area is 122 Å². The van der Waals surface area contributed by atoms with E-state index in [2.05, 4.69) is 21.2 Å². The van der Waals surface area contributed by atoms with Crippen molar-refractivity contribution in [2.24, 2.45) is 5.92 Å². The molecule has 2 aliphatic rings. The molecule has 0 bridgehead atoms. The Morgan fingerprint density at radius 1 is 1.21 bits per heavy atom. The summed E-state index contributed by atoms with van der Waals surface area (Å²) in [6.07, 6.45) is 2.09. The number of nitrogens with one attached hydrogen (secondary N) is 1. The topological polar surface area (TPSA) is 49.4 Å². The van der Waals surface area contributed by atoms with Crippen molar-refractivity contribution < 1.29 is 8.42 Å². The van der Waals surface area contributed by atoms with Gasteiger partial charge in [0.1, 0.15) is 0 Å². The first kappa shape index (κ1) is 13.5. The van der Waals surface area contributed by atoms with E-state index in [9.17, 15) is 8.42 Å². The third kappa shape index (κ3) is 2.46. The van der Waals surface area contributed by atoms with Crippen LogP contribution in [-0.2, 0) is 10.0 Å². The molecule has 1 aromatic rings. The highest BCUT2D eigenvalue weighted by Gasteiger charge is 2.41. The summed E-state index contributed by atoms with van der Waals surface area (Å²) in [6, 6.07) is 7.03. The summed E-state index contributed by atoms with van der Waals surface area (Å²) in [6.45, 7) is 2.36. The highest BCUT2D eigenvalue weighted by atomic mass is 79.9. The van der Waals surface area contributed by atoms with Crippen molar-refractivity contribution in [3.05, 3.63) is 28.7 Å². The molecular formula is C13H17BrN2O2S. The largest absolute Gasteiger partial charge is 0.315 e. The van der Waals surface area contributed by atoms with Gasteiger partial charge in [0.2, 0.25) is 10.0 Å². The summed E-state index contributed by atoms with van der Waals surface area (Å²) in [7, 11) is -3.36. The van der Waals surface area contributed by atoms with Crippen LogP contribution < -0.4 is 5.32 Å². The predicted molar refractivity (Wildman–Crippen MR) is 77.4 cm³/mol. The molecule has 0 spiro atoms. The summed E-state index contributed by atoms with van der Waals surface area (Å²) in [4.78, 5) is 0.392. The third-order valence-electron chi connectivity index (χ3n) is 4.05. The van der Waals surface area contributed by atoms with E-state index < -0.39 is 10.0 Å². The van der Waals surface area contributed by atoms with Crippen LogP contribution in [0.15, 0.2) is 33.6 Å². The molecule has 3 rings (SSSR count). The second kappa shape index (κ2) is 5.16. The van der Waals surface area contributed by atoms with Gasteiger partial charge in [0.15, 0.2) is 0 Å². The standard InChI is InChI=1S/C13H17BrN2O2S/c14-11-3-5-12(6-4-11)19(17,18)16-7-1-2-10-8-15-9-13(10)16/h3-6,10,13,15H,1-2,7-9H2/t10-,13+/m0/s1. The number of halogens is 1. The van der Waals surface area contributed by atoms with Crippen LogP contribution in [0.5, 0.6) is 0 Å². The maximum absolute atomic E-state index is 12.7. The number of rotatable bonds is 2. The van der Waals surface area contributed by atoms with Crippen molar-refractivity contribution in [1.29, 1.82) is 0 Å². The summed E-state index contributed by atoms with van der Waals surface area (Å²) < 4.78 is 28.0. The molecule has 0 radical (unpaired) electrons. The predicted octanol–water partition coefficient (Wildman–Crippen LogP) is 1.82. The molecule has 0 unspecified atom stereocenters. The zero-order chi connectivity index (χ0) is 13.5. The van der Waals surface area contributed by atoms with Crippen molar-refractivity contribution in [3.63, 3.8) is 0 Å². The Morgan fingerprint density at radius 3 is 2.68 bits per heavy atom. The molecule has 0 aromatic heterocycles. The second-order valence-electron chi connectivity index (χ2n) is 5.20. The van der Waals surface area contributed by atoms with Crippen LogP contribution in [0.3, 0.4) is 0 Å². The minimum atomic E-state index is -3.36. The molecule has 2 atom stereocenters. The van der Waals surface area contributed by atoms with Gasteiger partial charge in [-0.05, 0) is 49.6 Å². The Kier molecular flexibility index (Phi) is 3.68. The molecule has 0 aliphatic carbocycles. The fourth-order valence-electron chi connectivity index (χ4n) is 3.07. The first-order chi connectivity index (χ1) is 9.09. The van der Waals surface area contributed by atoms with Gasteiger partial charge in [0.25, 0.3) is 0 Å². The summed E-state index contributed by atoms with van der Waals surface area (Å²) >= 11 is 3.33. The lowest BCUT2D eigenvalue weighted by Gasteiger charge is -2.35. The van der Waals surface area contributed by atoms with E-state index in [0.29, 0.717) is 17.4 Å². The van der Waals surface area contributed by atoms with Crippen LogP contribution in [0.1, 0.15) is 12.8 Å². The molecule has 6 heteroatoms. The number of sulfonamides is 1. The molecule has 0 saturated carbocycles. The van der Waals surface area contributed by atoms with Gasteiger partial charge in [-0.1, -0.05) is 15.9 Å². The fraction of sp³-hybridized carbons (Fsp3) is 0.538. The molecule has 4 nitrogen and oxygen atoms in total. The zero-order valence-electron chi connectivity index (χ0n) is 10.5. The van der Waals surface area contributed by atoms with Gasteiger partial charge in [-0.25, -0.2) is 8.42 Å². The molecule has 0 amide bonds. The lowest BCUT2D eigenvalue weighted by molar-refractivity contribution is 0.217. The first-order valence-corrected chi connectivity index (χ1v) is 8.80. The maximum atomic E-state index is 12.7. The van der Waals surface area contributed by atoms with Crippen LogP contribution in [-0.4, -0.2) is 38.4 Å². The highest BCUT2D eigenvalue weighted by Crippen LogP contribution is 2.31. The van der Waals surface area contributed by atoms with Crippen molar-refractivity contribution >= 4 is 26.0 Å². The lowest BCUT2D eigenvalue weighted by Crippen LogP contribution is -2.48. The minimum absolute atomic E-state index is 0.127.